The lowest BCUT2D eigenvalue weighted by atomic mass is 9.85. The average molecular weight is 275 g/mol. The Kier molecular flexibility index (Phi) is 4.27. The van der Waals surface area contributed by atoms with Crippen LogP contribution in [0, 0.1) is 5.92 Å². The van der Waals surface area contributed by atoms with Crippen LogP contribution in [0.25, 0.3) is 0 Å². The molecule has 1 fully saturated rings. The number of aromatic hydroxyl groups is 1. The van der Waals surface area contributed by atoms with E-state index in [2.05, 4.69) is 18.0 Å². The standard InChI is InChI=1S/C17H25NO2/c1-18(12-13-8-10-20-11-9-13)16-6-2-5-15-14(16)4-3-7-17(15)19/h3-4,7,13,16,19H,2,5-6,8-12H2,1H3. The average Bonchev–Trinajstić information content (AvgIpc) is 2.48. The van der Waals surface area contributed by atoms with Gasteiger partial charge in [-0.25, -0.2) is 0 Å². The summed E-state index contributed by atoms with van der Waals surface area (Å²) in [5, 5.41) is 10.0. The van der Waals surface area contributed by atoms with Crippen LogP contribution in [-0.2, 0) is 11.2 Å². The van der Waals surface area contributed by atoms with E-state index in [1.807, 2.05) is 12.1 Å². The van der Waals surface area contributed by atoms with Crippen molar-refractivity contribution in [2.45, 2.75) is 38.1 Å². The molecule has 110 valence electrons. The Morgan fingerprint density at radius 2 is 2.05 bits per heavy atom. The van der Waals surface area contributed by atoms with E-state index in [4.69, 9.17) is 4.74 Å². The summed E-state index contributed by atoms with van der Waals surface area (Å²) in [6, 6.07) is 6.46. The lowest BCUT2D eigenvalue weighted by molar-refractivity contribution is 0.0489. The van der Waals surface area contributed by atoms with Gasteiger partial charge < -0.3 is 9.84 Å². The topological polar surface area (TPSA) is 32.7 Å². The first-order valence-corrected chi connectivity index (χ1v) is 7.84. The first-order chi connectivity index (χ1) is 9.75. The first kappa shape index (κ1) is 13.9. The largest absolute Gasteiger partial charge is 0.508 e. The number of hydrogen-bond acceptors (Lipinski definition) is 3. The molecular weight excluding hydrogens is 250 g/mol. The molecule has 0 bridgehead atoms. The third kappa shape index (κ3) is 2.84. The van der Waals surface area contributed by atoms with E-state index in [0.29, 0.717) is 11.8 Å². The molecule has 1 unspecified atom stereocenters. The SMILES string of the molecule is CN(CC1CCOCC1)C1CCCc2c(O)cccc21. The van der Waals surface area contributed by atoms with Crippen LogP contribution >= 0.6 is 0 Å². The minimum Gasteiger partial charge on any atom is -0.508 e. The molecule has 1 aliphatic carbocycles. The molecule has 3 rings (SSSR count). The van der Waals surface area contributed by atoms with Gasteiger partial charge in [-0.05, 0) is 62.3 Å². The van der Waals surface area contributed by atoms with Crippen molar-refractivity contribution in [3.63, 3.8) is 0 Å². The van der Waals surface area contributed by atoms with Crippen molar-refractivity contribution in [1.29, 1.82) is 0 Å². The van der Waals surface area contributed by atoms with Crippen LogP contribution in [0.3, 0.4) is 0 Å². The molecule has 0 spiro atoms. The van der Waals surface area contributed by atoms with Crippen molar-refractivity contribution in [3.8, 4) is 5.75 Å². The van der Waals surface area contributed by atoms with E-state index in [-0.39, 0.29) is 0 Å². The zero-order valence-electron chi connectivity index (χ0n) is 12.3. The molecule has 3 nitrogen and oxygen atoms in total. The summed E-state index contributed by atoms with van der Waals surface area (Å²) in [5.74, 6) is 1.24. The van der Waals surface area contributed by atoms with Gasteiger partial charge in [-0.1, -0.05) is 12.1 Å². The third-order valence-corrected chi connectivity index (χ3v) is 4.87. The highest BCUT2D eigenvalue weighted by atomic mass is 16.5. The van der Waals surface area contributed by atoms with Gasteiger partial charge >= 0.3 is 0 Å². The molecule has 1 saturated heterocycles. The summed E-state index contributed by atoms with van der Waals surface area (Å²) in [4.78, 5) is 2.49. The molecule has 1 N–H and O–H groups in total. The Labute approximate surface area is 121 Å². The van der Waals surface area contributed by atoms with Gasteiger partial charge in [0.2, 0.25) is 0 Å². The van der Waals surface area contributed by atoms with Crippen LogP contribution in [-0.4, -0.2) is 36.8 Å². The molecule has 1 aromatic carbocycles. The van der Waals surface area contributed by atoms with Crippen molar-refractivity contribution < 1.29 is 9.84 Å². The van der Waals surface area contributed by atoms with Crippen molar-refractivity contribution >= 4 is 0 Å². The predicted octanol–water partition coefficient (Wildman–Crippen LogP) is 3.13. The zero-order valence-corrected chi connectivity index (χ0v) is 12.3. The maximum atomic E-state index is 10.0. The van der Waals surface area contributed by atoms with E-state index < -0.39 is 0 Å². The fourth-order valence-electron chi connectivity index (χ4n) is 3.73. The molecule has 0 amide bonds. The van der Waals surface area contributed by atoms with E-state index in [1.165, 1.54) is 36.8 Å². The highest BCUT2D eigenvalue weighted by Gasteiger charge is 2.27. The quantitative estimate of drug-likeness (QED) is 0.920. The lowest BCUT2D eigenvalue weighted by Crippen LogP contribution is -2.34. The molecule has 1 atom stereocenters. The molecule has 1 heterocycles. The Balaban J connectivity index is 1.72. The maximum Gasteiger partial charge on any atom is 0.119 e. The summed E-state index contributed by atoms with van der Waals surface area (Å²) >= 11 is 0. The molecule has 20 heavy (non-hydrogen) atoms. The summed E-state index contributed by atoms with van der Waals surface area (Å²) in [6.45, 7) is 2.98. The number of rotatable bonds is 3. The van der Waals surface area contributed by atoms with Crippen molar-refractivity contribution in [3.05, 3.63) is 29.3 Å². The highest BCUT2D eigenvalue weighted by Crippen LogP contribution is 2.38. The van der Waals surface area contributed by atoms with Gasteiger partial charge in [-0.15, -0.1) is 0 Å². The number of nitrogens with zero attached hydrogens (tertiary/aromatic N) is 1. The fraction of sp³-hybridized carbons (Fsp3) is 0.647. The molecule has 1 aliphatic heterocycles. The number of hydrogen-bond donors (Lipinski definition) is 1. The van der Waals surface area contributed by atoms with Gasteiger partial charge in [0, 0.05) is 25.8 Å². The van der Waals surface area contributed by atoms with E-state index >= 15 is 0 Å². The fourth-order valence-corrected chi connectivity index (χ4v) is 3.73. The summed E-state index contributed by atoms with van der Waals surface area (Å²) in [7, 11) is 2.24. The Hall–Kier alpha value is -1.06. The summed E-state index contributed by atoms with van der Waals surface area (Å²) < 4.78 is 5.45. The van der Waals surface area contributed by atoms with Crippen molar-refractivity contribution in [1.82, 2.24) is 4.90 Å². The minimum absolute atomic E-state index is 0.466. The van der Waals surface area contributed by atoms with Gasteiger partial charge in [0.15, 0.2) is 0 Å². The van der Waals surface area contributed by atoms with E-state index in [1.54, 1.807) is 0 Å². The Morgan fingerprint density at radius 1 is 1.25 bits per heavy atom. The van der Waals surface area contributed by atoms with E-state index in [9.17, 15) is 5.11 Å². The first-order valence-electron chi connectivity index (χ1n) is 7.84. The van der Waals surface area contributed by atoms with Gasteiger partial charge in [-0.2, -0.15) is 0 Å². The van der Waals surface area contributed by atoms with Crippen LogP contribution < -0.4 is 0 Å². The summed E-state index contributed by atoms with van der Waals surface area (Å²) in [6.07, 6.45) is 5.76. The maximum absolute atomic E-state index is 10.0. The van der Waals surface area contributed by atoms with Gasteiger partial charge in [0.05, 0.1) is 0 Å². The lowest BCUT2D eigenvalue weighted by Gasteiger charge is -2.36. The molecule has 2 aliphatic rings. The second-order valence-electron chi connectivity index (χ2n) is 6.25. The Bertz CT molecular complexity index is 454. The monoisotopic (exact) mass is 275 g/mol. The molecule has 0 aromatic heterocycles. The molecule has 1 aromatic rings. The van der Waals surface area contributed by atoms with Crippen LogP contribution in [0.4, 0.5) is 0 Å². The normalized spacial score (nSPS) is 23.8. The molecule has 0 saturated carbocycles. The third-order valence-electron chi connectivity index (χ3n) is 4.87. The zero-order chi connectivity index (χ0) is 13.9. The predicted molar refractivity (Wildman–Crippen MR) is 80.0 cm³/mol. The molecular formula is C17H25NO2. The van der Waals surface area contributed by atoms with Crippen molar-refractivity contribution in [2.24, 2.45) is 5.92 Å². The van der Waals surface area contributed by atoms with Gasteiger partial charge in [0.25, 0.3) is 0 Å². The second kappa shape index (κ2) is 6.15. The van der Waals surface area contributed by atoms with Crippen LogP contribution in [0.5, 0.6) is 5.75 Å². The van der Waals surface area contributed by atoms with Crippen LogP contribution in [0.1, 0.15) is 42.9 Å². The molecule has 3 heteroatoms. The molecule has 0 radical (unpaired) electrons. The summed E-state index contributed by atoms with van der Waals surface area (Å²) in [5.41, 5.74) is 2.51. The number of fused-ring (bicyclic) bond motifs is 1. The van der Waals surface area contributed by atoms with E-state index in [0.717, 1.165) is 32.1 Å². The van der Waals surface area contributed by atoms with Gasteiger partial charge in [-0.3, -0.25) is 4.90 Å². The second-order valence-corrected chi connectivity index (χ2v) is 6.25. The van der Waals surface area contributed by atoms with Gasteiger partial charge in [0.1, 0.15) is 5.75 Å². The highest BCUT2D eigenvalue weighted by molar-refractivity contribution is 5.42. The minimum atomic E-state index is 0.466. The number of phenolic OH excluding ortho intramolecular Hbond substituents is 1. The smallest absolute Gasteiger partial charge is 0.119 e. The number of benzene rings is 1. The van der Waals surface area contributed by atoms with Crippen LogP contribution in [0.15, 0.2) is 18.2 Å². The number of phenols is 1. The van der Waals surface area contributed by atoms with Crippen molar-refractivity contribution in [2.75, 3.05) is 26.8 Å². The van der Waals surface area contributed by atoms with Crippen LogP contribution in [0.2, 0.25) is 0 Å². The Morgan fingerprint density at radius 3 is 2.85 bits per heavy atom. The number of ether oxygens (including phenoxy) is 1.